The maximum atomic E-state index is 10.3. The van der Waals surface area contributed by atoms with Gasteiger partial charge in [-0.2, -0.15) is 5.10 Å². The molecule has 5 rings (SSSR count). The van der Waals surface area contributed by atoms with Gasteiger partial charge in [-0.15, -0.1) is 0 Å². The predicted molar refractivity (Wildman–Crippen MR) is 108 cm³/mol. The summed E-state index contributed by atoms with van der Waals surface area (Å²) in [4.78, 5) is 0. The summed E-state index contributed by atoms with van der Waals surface area (Å²) in [5.74, 6) is 2.14. The molecule has 1 N–H and O–H groups in total. The second kappa shape index (κ2) is 6.59. The number of hydrazone groups is 1. The van der Waals surface area contributed by atoms with Crippen molar-refractivity contribution in [1.82, 2.24) is 5.01 Å². The highest BCUT2D eigenvalue weighted by Crippen LogP contribution is 2.50. The molecule has 1 spiro atoms. The van der Waals surface area contributed by atoms with E-state index in [1.807, 2.05) is 43.3 Å². The zero-order valence-electron chi connectivity index (χ0n) is 16.0. The lowest BCUT2D eigenvalue weighted by molar-refractivity contribution is -0.0944. The number of hydrogen-bond donors (Lipinski definition) is 1. The number of benzene rings is 2. The molecule has 3 aliphatic rings. The predicted octanol–water partition coefficient (Wildman–Crippen LogP) is 4.95. The molecule has 0 bridgehead atoms. The summed E-state index contributed by atoms with van der Waals surface area (Å²) in [5, 5.41) is 17.3. The van der Waals surface area contributed by atoms with E-state index in [0.717, 1.165) is 47.6 Å². The van der Waals surface area contributed by atoms with Crippen LogP contribution >= 0.6 is 0 Å². The zero-order valence-corrected chi connectivity index (χ0v) is 16.0. The summed E-state index contributed by atoms with van der Waals surface area (Å²) >= 11 is 0. The Hall–Kier alpha value is -2.95. The minimum atomic E-state index is -0.714. The van der Waals surface area contributed by atoms with Gasteiger partial charge in [-0.3, -0.25) is 0 Å². The molecule has 2 heterocycles. The van der Waals surface area contributed by atoms with Gasteiger partial charge in [0.2, 0.25) is 5.72 Å². The van der Waals surface area contributed by atoms with E-state index >= 15 is 0 Å². The summed E-state index contributed by atoms with van der Waals surface area (Å²) in [6.07, 6.45) is 5.04. The van der Waals surface area contributed by atoms with Crippen LogP contribution in [0.1, 0.15) is 49.8 Å². The van der Waals surface area contributed by atoms with E-state index in [1.165, 1.54) is 0 Å². The number of aliphatic hydroxyl groups is 1. The lowest BCUT2D eigenvalue weighted by Crippen LogP contribution is -2.53. The monoisotopic (exact) mass is 376 g/mol. The van der Waals surface area contributed by atoms with E-state index in [1.54, 1.807) is 0 Å². The fourth-order valence-corrected chi connectivity index (χ4v) is 4.46. The van der Waals surface area contributed by atoms with Gasteiger partial charge in [-0.1, -0.05) is 18.2 Å². The maximum Gasteiger partial charge on any atom is 0.220 e. The number of fused-ring (bicyclic) bond motifs is 4. The van der Waals surface area contributed by atoms with Gasteiger partial charge in [-0.25, -0.2) is 5.01 Å². The van der Waals surface area contributed by atoms with Crippen molar-refractivity contribution < 1.29 is 14.6 Å². The molecule has 144 valence electrons. The Morgan fingerprint density at radius 1 is 1.21 bits per heavy atom. The van der Waals surface area contributed by atoms with Gasteiger partial charge in [0.25, 0.3) is 0 Å². The molecule has 2 aromatic rings. The first-order valence-corrected chi connectivity index (χ1v) is 9.97. The second-order valence-electron chi connectivity index (χ2n) is 7.54. The van der Waals surface area contributed by atoms with Gasteiger partial charge in [0.1, 0.15) is 11.5 Å². The first-order valence-electron chi connectivity index (χ1n) is 9.97. The van der Waals surface area contributed by atoms with Crippen LogP contribution in [0.4, 0.5) is 0 Å². The van der Waals surface area contributed by atoms with Crippen LogP contribution in [0.15, 0.2) is 65.5 Å². The van der Waals surface area contributed by atoms with E-state index in [4.69, 9.17) is 14.6 Å². The van der Waals surface area contributed by atoms with Crippen LogP contribution in [0.25, 0.3) is 0 Å². The molecule has 0 saturated carbocycles. The third-order valence-corrected chi connectivity index (χ3v) is 5.72. The highest BCUT2D eigenvalue weighted by molar-refractivity contribution is 6.02. The average Bonchev–Trinajstić information content (AvgIpc) is 3.16. The third kappa shape index (κ3) is 2.73. The Morgan fingerprint density at radius 3 is 2.82 bits per heavy atom. The van der Waals surface area contributed by atoms with Gasteiger partial charge in [-0.05, 0) is 49.2 Å². The fourth-order valence-electron chi connectivity index (χ4n) is 4.46. The van der Waals surface area contributed by atoms with Gasteiger partial charge in [0, 0.05) is 30.9 Å². The van der Waals surface area contributed by atoms with Crippen molar-refractivity contribution in [3.05, 3.63) is 71.5 Å². The number of allylic oxidation sites excluding steroid dienone is 1. The van der Waals surface area contributed by atoms with Gasteiger partial charge < -0.3 is 14.6 Å². The number of ether oxygens (including phenoxy) is 2. The standard InChI is InChI=1S/C23H24N2O3/c1-2-27-18-11-9-16(10-12-18)20-14-21-19-7-3-4-8-22(19)28-23(25(21)24-20)13-5-6-17(26)15-23/h3-4,7-12,15,21,26H,2,5-6,13-14H2,1H3/t21-,23-/m0/s1. The molecule has 0 amide bonds. The fraction of sp³-hybridized carbons (Fsp3) is 0.348. The van der Waals surface area contributed by atoms with Gasteiger partial charge >= 0.3 is 0 Å². The molecule has 0 saturated heterocycles. The Bertz CT molecular complexity index is 951. The van der Waals surface area contributed by atoms with Crippen LogP contribution in [-0.2, 0) is 0 Å². The van der Waals surface area contributed by atoms with E-state index in [0.29, 0.717) is 18.8 Å². The van der Waals surface area contributed by atoms with Gasteiger partial charge in [0.15, 0.2) is 0 Å². The quantitative estimate of drug-likeness (QED) is 0.823. The number of para-hydroxylation sites is 1. The smallest absolute Gasteiger partial charge is 0.220 e. The topological polar surface area (TPSA) is 54.3 Å². The highest BCUT2D eigenvalue weighted by Gasteiger charge is 2.50. The first kappa shape index (κ1) is 17.2. The molecule has 1 aliphatic carbocycles. The minimum Gasteiger partial charge on any atom is -0.512 e. The van der Waals surface area contributed by atoms with E-state index < -0.39 is 5.72 Å². The van der Waals surface area contributed by atoms with Crippen molar-refractivity contribution in [3.63, 3.8) is 0 Å². The van der Waals surface area contributed by atoms with Crippen molar-refractivity contribution in [1.29, 1.82) is 0 Å². The summed E-state index contributed by atoms with van der Waals surface area (Å²) in [6, 6.07) is 16.4. The second-order valence-corrected chi connectivity index (χ2v) is 7.54. The summed E-state index contributed by atoms with van der Waals surface area (Å²) in [5.41, 5.74) is 2.56. The van der Waals surface area contributed by atoms with Crippen LogP contribution in [-0.4, -0.2) is 28.2 Å². The molecule has 28 heavy (non-hydrogen) atoms. The SMILES string of the molecule is CCOc1ccc(C2=NN3[C@@H](C2)c2ccccc2O[C@@]32C=C(O)CCC2)cc1. The van der Waals surface area contributed by atoms with Gasteiger partial charge in [0.05, 0.1) is 24.1 Å². The molecule has 0 radical (unpaired) electrons. The first-order chi connectivity index (χ1) is 13.7. The van der Waals surface area contributed by atoms with Crippen LogP contribution in [0.3, 0.4) is 0 Å². The third-order valence-electron chi connectivity index (χ3n) is 5.72. The van der Waals surface area contributed by atoms with Crippen LogP contribution in [0.2, 0.25) is 0 Å². The molecule has 2 aliphatic heterocycles. The lowest BCUT2D eigenvalue weighted by atomic mass is 9.90. The molecular weight excluding hydrogens is 352 g/mol. The molecular formula is C23H24N2O3. The summed E-state index contributed by atoms with van der Waals surface area (Å²) in [6.45, 7) is 2.64. The van der Waals surface area contributed by atoms with Crippen LogP contribution < -0.4 is 9.47 Å². The molecule has 2 atom stereocenters. The average molecular weight is 376 g/mol. The molecule has 0 aromatic heterocycles. The Balaban J connectivity index is 1.56. The maximum absolute atomic E-state index is 10.3. The summed E-state index contributed by atoms with van der Waals surface area (Å²) in [7, 11) is 0. The van der Waals surface area contributed by atoms with Crippen molar-refractivity contribution >= 4 is 5.71 Å². The molecule has 2 aromatic carbocycles. The molecule has 5 nitrogen and oxygen atoms in total. The molecule has 0 unspecified atom stereocenters. The highest BCUT2D eigenvalue weighted by atomic mass is 16.5. The largest absolute Gasteiger partial charge is 0.512 e. The van der Waals surface area contributed by atoms with E-state index in [9.17, 15) is 5.11 Å². The minimum absolute atomic E-state index is 0.105. The Kier molecular flexibility index (Phi) is 4.04. The lowest BCUT2D eigenvalue weighted by Gasteiger charge is -2.47. The zero-order chi connectivity index (χ0) is 19.1. The van der Waals surface area contributed by atoms with Crippen molar-refractivity contribution in [3.8, 4) is 11.5 Å². The van der Waals surface area contributed by atoms with Crippen molar-refractivity contribution in [2.45, 2.75) is 44.4 Å². The number of nitrogens with zero attached hydrogens (tertiary/aromatic N) is 2. The van der Waals surface area contributed by atoms with Crippen LogP contribution in [0, 0.1) is 0 Å². The van der Waals surface area contributed by atoms with E-state index in [-0.39, 0.29) is 6.04 Å². The Labute approximate surface area is 164 Å². The van der Waals surface area contributed by atoms with Crippen molar-refractivity contribution in [2.24, 2.45) is 5.10 Å². The number of aliphatic hydroxyl groups excluding tert-OH is 1. The van der Waals surface area contributed by atoms with Crippen molar-refractivity contribution in [2.75, 3.05) is 6.61 Å². The number of rotatable bonds is 3. The normalized spacial score (nSPS) is 25.5. The number of hydrogen-bond acceptors (Lipinski definition) is 5. The Morgan fingerprint density at radius 2 is 2.04 bits per heavy atom. The molecule has 5 heteroatoms. The van der Waals surface area contributed by atoms with E-state index in [2.05, 4.69) is 23.2 Å². The van der Waals surface area contributed by atoms with Crippen LogP contribution in [0.5, 0.6) is 11.5 Å². The molecule has 0 fully saturated rings. The summed E-state index contributed by atoms with van der Waals surface area (Å²) < 4.78 is 12.0.